The van der Waals surface area contributed by atoms with E-state index in [1.165, 1.54) is 34.3 Å². The summed E-state index contributed by atoms with van der Waals surface area (Å²) in [4.78, 5) is 5.13. The molecule has 3 aromatic rings. The van der Waals surface area contributed by atoms with Crippen molar-refractivity contribution < 1.29 is 9.50 Å². The first-order chi connectivity index (χ1) is 14.1. The van der Waals surface area contributed by atoms with Gasteiger partial charge in [0.2, 0.25) is 0 Å². The molecule has 29 heavy (non-hydrogen) atoms. The first kappa shape index (κ1) is 18.6. The van der Waals surface area contributed by atoms with Gasteiger partial charge in [-0.25, -0.2) is 4.39 Å². The SMILES string of the molecule is Cn1cc2c3c(cccc31)N1CCN(CCCC(O)c3ccc(F)cc3)CC1C2. The number of piperazine rings is 1. The number of halogens is 1. The van der Waals surface area contributed by atoms with Crippen LogP contribution in [0.4, 0.5) is 10.1 Å². The molecule has 2 aliphatic heterocycles. The molecule has 1 aromatic heterocycles. The largest absolute Gasteiger partial charge is 0.388 e. The molecule has 0 aliphatic carbocycles. The van der Waals surface area contributed by atoms with Gasteiger partial charge in [0.15, 0.2) is 0 Å². The standard InChI is InChI=1S/C24H28FN3O/c1-26-15-18-14-20-16-27(11-3-6-23(29)17-7-9-19(25)10-8-17)12-13-28(20)22-5-2-4-21(26)24(18)22/h2,4-5,7-10,15,20,23,29H,3,6,11-14,16H2,1H3. The molecule has 0 spiro atoms. The van der Waals surface area contributed by atoms with Crippen molar-refractivity contribution in [1.82, 2.24) is 9.47 Å². The first-order valence-corrected chi connectivity index (χ1v) is 10.6. The quantitative estimate of drug-likeness (QED) is 0.714. The summed E-state index contributed by atoms with van der Waals surface area (Å²) in [5.74, 6) is -0.261. The minimum absolute atomic E-state index is 0.261. The number of rotatable bonds is 5. The molecule has 0 radical (unpaired) electrons. The van der Waals surface area contributed by atoms with Crippen LogP contribution in [0.2, 0.25) is 0 Å². The molecule has 0 bridgehead atoms. The third kappa shape index (κ3) is 3.43. The zero-order chi connectivity index (χ0) is 20.0. The lowest BCUT2D eigenvalue weighted by Gasteiger charge is -2.45. The van der Waals surface area contributed by atoms with Crippen LogP contribution in [0.3, 0.4) is 0 Å². The van der Waals surface area contributed by atoms with Crippen LogP contribution in [0.15, 0.2) is 48.7 Å². The van der Waals surface area contributed by atoms with E-state index in [2.05, 4.69) is 45.8 Å². The van der Waals surface area contributed by atoms with Gasteiger partial charge in [-0.3, -0.25) is 4.90 Å². The Hall–Kier alpha value is -2.37. The molecule has 2 aromatic carbocycles. The average Bonchev–Trinajstić information content (AvgIpc) is 3.05. The van der Waals surface area contributed by atoms with Crippen molar-refractivity contribution in [3.8, 4) is 0 Å². The lowest BCUT2D eigenvalue weighted by atomic mass is 9.94. The molecule has 2 aliphatic rings. The molecule has 3 heterocycles. The molecule has 2 atom stereocenters. The molecule has 2 unspecified atom stereocenters. The van der Waals surface area contributed by atoms with E-state index in [-0.39, 0.29) is 5.82 Å². The zero-order valence-corrected chi connectivity index (χ0v) is 16.9. The zero-order valence-electron chi connectivity index (χ0n) is 16.9. The molecular weight excluding hydrogens is 365 g/mol. The van der Waals surface area contributed by atoms with Crippen molar-refractivity contribution in [2.45, 2.75) is 31.4 Å². The highest BCUT2D eigenvalue weighted by atomic mass is 19.1. The summed E-state index contributed by atoms with van der Waals surface area (Å²) in [6.45, 7) is 4.17. The predicted molar refractivity (Wildman–Crippen MR) is 115 cm³/mol. The molecule has 1 N–H and O–H groups in total. The predicted octanol–water partition coefficient (Wildman–Crippen LogP) is 3.88. The van der Waals surface area contributed by atoms with E-state index in [0.717, 1.165) is 44.6 Å². The Bertz CT molecular complexity index is 1010. The minimum Gasteiger partial charge on any atom is -0.388 e. The second-order valence-electron chi connectivity index (χ2n) is 8.50. The summed E-state index contributed by atoms with van der Waals surface area (Å²) < 4.78 is 15.3. The Balaban J connectivity index is 1.20. The van der Waals surface area contributed by atoms with E-state index in [9.17, 15) is 9.50 Å². The van der Waals surface area contributed by atoms with Crippen LogP contribution in [0.25, 0.3) is 10.9 Å². The van der Waals surface area contributed by atoms with Crippen molar-refractivity contribution in [2.75, 3.05) is 31.1 Å². The number of aliphatic hydroxyl groups is 1. The van der Waals surface area contributed by atoms with Crippen molar-refractivity contribution in [3.05, 3.63) is 65.6 Å². The van der Waals surface area contributed by atoms with Gasteiger partial charge in [-0.2, -0.15) is 0 Å². The van der Waals surface area contributed by atoms with Crippen molar-refractivity contribution >= 4 is 16.6 Å². The van der Waals surface area contributed by atoms with Crippen molar-refractivity contribution in [1.29, 1.82) is 0 Å². The normalized spacial score (nSPS) is 20.1. The number of aryl methyl sites for hydroxylation is 1. The molecule has 4 nitrogen and oxygen atoms in total. The number of anilines is 1. The van der Waals surface area contributed by atoms with Crippen molar-refractivity contribution in [3.63, 3.8) is 0 Å². The van der Waals surface area contributed by atoms with Gasteiger partial charge in [0.25, 0.3) is 0 Å². The van der Waals surface area contributed by atoms with Crippen LogP contribution >= 0.6 is 0 Å². The maximum Gasteiger partial charge on any atom is 0.123 e. The van der Waals surface area contributed by atoms with Crippen LogP contribution < -0.4 is 4.90 Å². The minimum atomic E-state index is -0.518. The fourth-order valence-electron chi connectivity index (χ4n) is 5.14. The highest BCUT2D eigenvalue weighted by molar-refractivity contribution is 5.97. The molecule has 152 valence electrons. The van der Waals surface area contributed by atoms with Crippen LogP contribution in [-0.4, -0.2) is 46.8 Å². The molecule has 5 heteroatoms. The topological polar surface area (TPSA) is 31.6 Å². The first-order valence-electron chi connectivity index (χ1n) is 10.6. The molecule has 1 fully saturated rings. The van der Waals surface area contributed by atoms with E-state index >= 15 is 0 Å². The Labute approximate surface area is 171 Å². The van der Waals surface area contributed by atoms with Gasteiger partial charge in [-0.05, 0) is 61.2 Å². The van der Waals surface area contributed by atoms with Crippen LogP contribution in [0, 0.1) is 5.82 Å². The molecule has 1 saturated heterocycles. The average molecular weight is 394 g/mol. The summed E-state index contributed by atoms with van der Waals surface area (Å²) in [7, 11) is 2.14. The van der Waals surface area contributed by atoms with Crippen LogP contribution in [-0.2, 0) is 13.5 Å². The lowest BCUT2D eigenvalue weighted by molar-refractivity contribution is 0.150. The summed E-state index contributed by atoms with van der Waals surface area (Å²) in [6, 6.07) is 13.4. The van der Waals surface area contributed by atoms with Gasteiger partial charge in [0.1, 0.15) is 5.82 Å². The molecule has 0 saturated carbocycles. The fraction of sp³-hybridized carbons (Fsp3) is 0.417. The summed E-state index contributed by atoms with van der Waals surface area (Å²) >= 11 is 0. The number of fused-ring (bicyclic) bond motifs is 2. The van der Waals surface area contributed by atoms with E-state index < -0.39 is 6.10 Å². The number of aromatic nitrogens is 1. The highest BCUT2D eigenvalue weighted by Gasteiger charge is 2.33. The maximum absolute atomic E-state index is 13.1. The van der Waals surface area contributed by atoms with Gasteiger partial charge >= 0.3 is 0 Å². The van der Waals surface area contributed by atoms with Crippen LogP contribution in [0.1, 0.15) is 30.1 Å². The Morgan fingerprint density at radius 2 is 1.97 bits per heavy atom. The number of nitrogens with zero attached hydrogens (tertiary/aromatic N) is 3. The summed E-state index contributed by atoms with van der Waals surface area (Å²) in [5, 5.41) is 11.8. The second-order valence-corrected chi connectivity index (χ2v) is 8.50. The monoisotopic (exact) mass is 393 g/mol. The highest BCUT2D eigenvalue weighted by Crippen LogP contribution is 2.38. The van der Waals surface area contributed by atoms with Crippen molar-refractivity contribution in [2.24, 2.45) is 7.05 Å². The Morgan fingerprint density at radius 1 is 1.14 bits per heavy atom. The lowest BCUT2D eigenvalue weighted by Crippen LogP contribution is -2.55. The third-order valence-corrected chi connectivity index (χ3v) is 6.61. The summed E-state index contributed by atoms with van der Waals surface area (Å²) in [6.07, 6.45) is 4.53. The van der Waals surface area contributed by atoms with Gasteiger partial charge in [0, 0.05) is 50.0 Å². The number of aliphatic hydroxyl groups excluding tert-OH is 1. The third-order valence-electron chi connectivity index (χ3n) is 6.61. The summed E-state index contributed by atoms with van der Waals surface area (Å²) in [5.41, 5.74) is 4.98. The van der Waals surface area contributed by atoms with E-state index in [1.807, 2.05) is 0 Å². The Morgan fingerprint density at radius 3 is 2.79 bits per heavy atom. The van der Waals surface area contributed by atoms with E-state index in [1.54, 1.807) is 12.1 Å². The molecular formula is C24H28FN3O. The smallest absolute Gasteiger partial charge is 0.123 e. The Kier molecular flexibility index (Phi) is 4.80. The maximum atomic E-state index is 13.1. The number of benzene rings is 2. The fourth-order valence-corrected chi connectivity index (χ4v) is 5.14. The van der Waals surface area contributed by atoms with Gasteiger partial charge in [-0.1, -0.05) is 18.2 Å². The van der Waals surface area contributed by atoms with E-state index in [0.29, 0.717) is 12.5 Å². The molecule has 5 rings (SSSR count). The number of hydrogen-bond donors (Lipinski definition) is 1. The molecule has 0 amide bonds. The number of hydrogen-bond acceptors (Lipinski definition) is 3. The second kappa shape index (κ2) is 7.47. The van der Waals surface area contributed by atoms with Gasteiger partial charge in [0.05, 0.1) is 11.6 Å². The van der Waals surface area contributed by atoms with E-state index in [4.69, 9.17) is 0 Å². The van der Waals surface area contributed by atoms with Crippen LogP contribution in [0.5, 0.6) is 0 Å². The van der Waals surface area contributed by atoms with Gasteiger partial charge < -0.3 is 14.6 Å². The van der Waals surface area contributed by atoms with Gasteiger partial charge in [-0.15, -0.1) is 0 Å².